The van der Waals surface area contributed by atoms with Crippen LogP contribution in [-0.4, -0.2) is 4.98 Å². The summed E-state index contributed by atoms with van der Waals surface area (Å²) in [6, 6.07) is 17.0. The van der Waals surface area contributed by atoms with E-state index < -0.39 is 14.1 Å². The molecule has 0 spiro atoms. The second kappa shape index (κ2) is 9.96. The van der Waals surface area contributed by atoms with Crippen LogP contribution < -0.4 is 0 Å². The Morgan fingerprint density at radius 2 is 1.74 bits per heavy atom. The first-order chi connectivity index (χ1) is 10.3. The minimum atomic E-state index is -0.737. The SMILES string of the molecule is Cl.Cl.[CH3][Cr]([CH2]c1ccccn1)[C]1=CC(Cc2ccccc2)=CC1. The fraction of sp³-hybridized carbons (Fsp3) is 0.211. The van der Waals surface area contributed by atoms with Crippen molar-refractivity contribution in [3.05, 3.63) is 88.1 Å². The first kappa shape index (κ1) is 20.0. The Morgan fingerprint density at radius 3 is 2.43 bits per heavy atom. The van der Waals surface area contributed by atoms with E-state index in [0.717, 1.165) is 18.1 Å². The molecule has 0 fully saturated rings. The van der Waals surface area contributed by atoms with E-state index in [2.05, 4.69) is 65.4 Å². The molecule has 0 saturated heterocycles. The Morgan fingerprint density at radius 1 is 1.00 bits per heavy atom. The number of benzene rings is 1. The van der Waals surface area contributed by atoms with Gasteiger partial charge in [-0.25, -0.2) is 0 Å². The van der Waals surface area contributed by atoms with Crippen LogP contribution in [0, 0.1) is 0 Å². The molecule has 0 amide bonds. The molecule has 4 heteroatoms. The summed E-state index contributed by atoms with van der Waals surface area (Å²) in [5.41, 5.74) is 4.12. The third-order valence-corrected chi connectivity index (χ3v) is 6.68. The van der Waals surface area contributed by atoms with Crippen molar-refractivity contribution >= 4 is 24.8 Å². The van der Waals surface area contributed by atoms with Crippen LogP contribution in [0.1, 0.15) is 17.7 Å². The van der Waals surface area contributed by atoms with Crippen molar-refractivity contribution in [2.45, 2.75) is 23.9 Å². The molecule has 1 aliphatic rings. The topological polar surface area (TPSA) is 12.9 Å². The van der Waals surface area contributed by atoms with Crippen LogP contribution in [0.2, 0.25) is 5.79 Å². The van der Waals surface area contributed by atoms with E-state index >= 15 is 0 Å². The summed E-state index contributed by atoms with van der Waals surface area (Å²) < 4.78 is 1.66. The number of allylic oxidation sites excluding steroid dienone is 4. The van der Waals surface area contributed by atoms with Crippen LogP contribution in [0.25, 0.3) is 0 Å². The summed E-state index contributed by atoms with van der Waals surface area (Å²) in [5, 5.41) is 1.15. The molecule has 1 heterocycles. The summed E-state index contributed by atoms with van der Waals surface area (Å²) in [6.07, 6.45) is 8.96. The quantitative estimate of drug-likeness (QED) is 0.656. The summed E-state index contributed by atoms with van der Waals surface area (Å²) in [6.45, 7) is 0. The number of hydrogen-bond donors (Lipinski definition) is 0. The molecule has 3 rings (SSSR count). The third kappa shape index (κ3) is 5.83. The van der Waals surface area contributed by atoms with Gasteiger partial charge in [0.25, 0.3) is 0 Å². The zero-order chi connectivity index (χ0) is 14.5. The first-order valence-corrected chi connectivity index (χ1v) is 10.1. The van der Waals surface area contributed by atoms with Crippen LogP contribution in [0.3, 0.4) is 0 Å². The zero-order valence-electron chi connectivity index (χ0n) is 13.1. The molecule has 2 aromatic rings. The standard InChI is InChI=1S/C12H11.C6H6N.CH3.2ClH.Cr/c1-2-6-11(7-3-1)10-12-8-4-5-9-12;1-6-4-2-3-5-7-6;;;;/h1-3,6-9H,4,10H2;2-5H,1H2;1H3;2*1H;. The van der Waals surface area contributed by atoms with Crippen molar-refractivity contribution in [1.82, 2.24) is 4.98 Å². The summed E-state index contributed by atoms with van der Waals surface area (Å²) in [4.78, 5) is 4.46. The fourth-order valence-electron chi connectivity index (χ4n) is 2.55. The van der Waals surface area contributed by atoms with E-state index in [1.54, 1.807) is 4.44 Å². The molecule has 1 nitrogen and oxygen atoms in total. The van der Waals surface area contributed by atoms with Crippen LogP contribution in [0.5, 0.6) is 0 Å². The zero-order valence-corrected chi connectivity index (χ0v) is 16.1. The fourth-order valence-corrected chi connectivity index (χ4v) is 4.93. The van der Waals surface area contributed by atoms with Gasteiger partial charge in [-0.3, -0.25) is 0 Å². The van der Waals surface area contributed by atoms with E-state index in [9.17, 15) is 0 Å². The van der Waals surface area contributed by atoms with Crippen molar-refractivity contribution in [3.8, 4) is 0 Å². The number of halogens is 2. The number of aromatic nitrogens is 1. The molecule has 0 radical (unpaired) electrons. The average Bonchev–Trinajstić information content (AvgIpc) is 2.98. The van der Waals surface area contributed by atoms with E-state index in [4.69, 9.17) is 0 Å². The number of rotatable bonds is 5. The van der Waals surface area contributed by atoms with Gasteiger partial charge in [-0.15, -0.1) is 24.8 Å². The van der Waals surface area contributed by atoms with E-state index in [1.165, 1.54) is 16.8 Å². The maximum absolute atomic E-state index is 4.46. The van der Waals surface area contributed by atoms with Crippen molar-refractivity contribution in [3.63, 3.8) is 0 Å². The maximum atomic E-state index is 4.46. The molecule has 0 aliphatic heterocycles. The molecule has 1 aromatic carbocycles. The van der Waals surface area contributed by atoms with Gasteiger partial charge in [0, 0.05) is 0 Å². The van der Waals surface area contributed by atoms with Gasteiger partial charge in [0.1, 0.15) is 0 Å². The van der Waals surface area contributed by atoms with Gasteiger partial charge in [-0.1, -0.05) is 0 Å². The Hall–Kier alpha value is -1.04. The number of nitrogens with zero attached hydrogens (tertiary/aromatic N) is 1. The molecule has 0 N–H and O–H groups in total. The predicted octanol–water partition coefficient (Wildman–Crippen LogP) is 5.55. The Balaban J connectivity index is 0.00000132. The Labute approximate surface area is 155 Å². The van der Waals surface area contributed by atoms with Crippen LogP contribution in [0.15, 0.2) is 76.9 Å². The van der Waals surface area contributed by atoms with Crippen molar-refractivity contribution < 1.29 is 14.1 Å². The van der Waals surface area contributed by atoms with Crippen molar-refractivity contribution in [2.75, 3.05) is 0 Å². The molecular weight excluding hydrogens is 365 g/mol. The molecule has 23 heavy (non-hydrogen) atoms. The normalized spacial score (nSPS) is 13.0. The van der Waals surface area contributed by atoms with Crippen molar-refractivity contribution in [1.29, 1.82) is 0 Å². The predicted molar refractivity (Wildman–Crippen MR) is 99.2 cm³/mol. The Kier molecular flexibility index (Phi) is 8.66. The van der Waals surface area contributed by atoms with Gasteiger partial charge in [-0.2, -0.15) is 0 Å². The molecule has 0 bridgehead atoms. The molecule has 0 atom stereocenters. The monoisotopic (exact) mass is 386 g/mol. The van der Waals surface area contributed by atoms with Gasteiger partial charge in [0.05, 0.1) is 0 Å². The molecule has 0 saturated carbocycles. The van der Waals surface area contributed by atoms with Gasteiger partial charge in [0.15, 0.2) is 0 Å². The molecule has 0 unspecified atom stereocenters. The van der Waals surface area contributed by atoms with E-state index in [0.29, 0.717) is 0 Å². The number of pyridine rings is 1. The van der Waals surface area contributed by atoms with Crippen molar-refractivity contribution in [2.24, 2.45) is 0 Å². The minimum absolute atomic E-state index is 0. The summed E-state index contributed by atoms with van der Waals surface area (Å²) >= 11 is -0.737. The molecular formula is C19H22Cl2CrN. The molecule has 1 aliphatic carbocycles. The van der Waals surface area contributed by atoms with E-state index in [-0.39, 0.29) is 24.8 Å². The van der Waals surface area contributed by atoms with E-state index in [1.807, 2.05) is 12.3 Å². The second-order valence-corrected chi connectivity index (χ2v) is 8.62. The van der Waals surface area contributed by atoms with Gasteiger partial charge < -0.3 is 0 Å². The van der Waals surface area contributed by atoms with Crippen LogP contribution >= 0.6 is 24.8 Å². The van der Waals surface area contributed by atoms with Gasteiger partial charge in [0.2, 0.25) is 0 Å². The average molecular weight is 387 g/mol. The number of hydrogen-bond acceptors (Lipinski definition) is 1. The molecule has 1 aromatic heterocycles. The first-order valence-electron chi connectivity index (χ1n) is 7.27. The van der Waals surface area contributed by atoms with Gasteiger partial charge >= 0.3 is 131 Å². The van der Waals surface area contributed by atoms with Gasteiger partial charge in [-0.05, 0) is 0 Å². The van der Waals surface area contributed by atoms with Crippen LogP contribution in [-0.2, 0) is 25.9 Å². The summed E-state index contributed by atoms with van der Waals surface area (Å²) in [5.74, 6) is 2.43. The summed E-state index contributed by atoms with van der Waals surface area (Å²) in [7, 11) is 0. The van der Waals surface area contributed by atoms with Crippen LogP contribution in [0.4, 0.5) is 0 Å². The Bertz CT molecular complexity index is 654. The molecule has 123 valence electrons. The third-order valence-electron chi connectivity index (χ3n) is 3.70. The second-order valence-electron chi connectivity index (χ2n) is 5.36.